The van der Waals surface area contributed by atoms with Crippen molar-refractivity contribution in [3.05, 3.63) is 30.1 Å². The molecule has 0 spiro atoms. The molecular weight excluding hydrogens is 288 g/mol. The van der Waals surface area contributed by atoms with Gasteiger partial charge in [-0.25, -0.2) is 8.42 Å². The van der Waals surface area contributed by atoms with E-state index in [-0.39, 0.29) is 6.04 Å². The van der Waals surface area contributed by atoms with Gasteiger partial charge in [-0.2, -0.15) is 0 Å². The Kier molecular flexibility index (Phi) is 3.54. The number of hydrogen-bond acceptors (Lipinski definition) is 5. The topological polar surface area (TPSA) is 76.9 Å². The summed E-state index contributed by atoms with van der Waals surface area (Å²) in [6.07, 6.45) is 2.16. The highest BCUT2D eigenvalue weighted by Crippen LogP contribution is 2.26. The van der Waals surface area contributed by atoms with Gasteiger partial charge >= 0.3 is 0 Å². The van der Waals surface area contributed by atoms with Crippen LogP contribution in [0, 0.1) is 0 Å². The highest BCUT2D eigenvalue weighted by molar-refractivity contribution is 7.90. The molecule has 0 saturated carbocycles. The molecule has 1 aromatic heterocycles. The van der Waals surface area contributed by atoms with Crippen LogP contribution in [0.25, 0.3) is 11.4 Å². The van der Waals surface area contributed by atoms with Crippen LogP contribution in [0.5, 0.6) is 0 Å². The van der Waals surface area contributed by atoms with Crippen molar-refractivity contribution in [2.75, 3.05) is 12.8 Å². The Morgan fingerprint density at radius 2 is 2.19 bits per heavy atom. The maximum Gasteiger partial charge on any atom is 0.175 e. The maximum absolute atomic E-state index is 11.7. The largest absolute Gasteiger partial charge is 0.308 e. The zero-order valence-electron chi connectivity index (χ0n) is 12.1. The third-order valence-electron chi connectivity index (χ3n) is 3.75. The van der Waals surface area contributed by atoms with E-state index in [1.807, 2.05) is 6.07 Å². The minimum absolute atomic E-state index is 0.207. The van der Waals surface area contributed by atoms with Crippen molar-refractivity contribution in [1.29, 1.82) is 0 Å². The van der Waals surface area contributed by atoms with Crippen LogP contribution >= 0.6 is 0 Å². The van der Waals surface area contributed by atoms with Crippen LogP contribution in [0.2, 0.25) is 0 Å². The second-order valence-electron chi connectivity index (χ2n) is 5.25. The van der Waals surface area contributed by atoms with Gasteiger partial charge in [0.1, 0.15) is 0 Å². The lowest BCUT2D eigenvalue weighted by Gasteiger charge is -2.24. The van der Waals surface area contributed by atoms with E-state index in [0.717, 1.165) is 36.7 Å². The zero-order valence-corrected chi connectivity index (χ0v) is 12.9. The Morgan fingerprint density at radius 3 is 2.90 bits per heavy atom. The number of aromatic nitrogens is 3. The van der Waals surface area contributed by atoms with Crippen molar-refractivity contribution in [1.82, 2.24) is 20.1 Å². The standard InChI is InChI=1S/C14H18N4O2S/c1-3-12-14-17-16-13(18(14)8-7-15-12)10-5-4-6-11(9-10)21(2,19)20/h4-6,9,12,15H,3,7-8H2,1-2H3. The molecule has 1 aromatic carbocycles. The van der Waals surface area contributed by atoms with E-state index in [0.29, 0.717) is 4.90 Å². The number of fused-ring (bicyclic) bond motifs is 1. The monoisotopic (exact) mass is 306 g/mol. The molecule has 1 aliphatic heterocycles. The van der Waals surface area contributed by atoms with Crippen molar-refractivity contribution in [2.45, 2.75) is 30.8 Å². The Hall–Kier alpha value is -1.73. The van der Waals surface area contributed by atoms with Gasteiger partial charge < -0.3 is 9.88 Å². The highest BCUT2D eigenvalue weighted by atomic mass is 32.2. The molecule has 2 heterocycles. The van der Waals surface area contributed by atoms with Crippen LogP contribution in [-0.4, -0.2) is 36.0 Å². The van der Waals surface area contributed by atoms with E-state index in [1.54, 1.807) is 18.2 Å². The van der Waals surface area contributed by atoms with Crippen molar-refractivity contribution in [3.8, 4) is 11.4 Å². The first-order valence-corrected chi connectivity index (χ1v) is 8.87. The first kappa shape index (κ1) is 14.2. The molecule has 7 heteroatoms. The van der Waals surface area contributed by atoms with Crippen molar-refractivity contribution >= 4 is 9.84 Å². The van der Waals surface area contributed by atoms with Crippen molar-refractivity contribution in [3.63, 3.8) is 0 Å². The van der Waals surface area contributed by atoms with Crippen LogP contribution < -0.4 is 5.32 Å². The molecule has 6 nitrogen and oxygen atoms in total. The van der Waals surface area contributed by atoms with Gasteiger partial charge in [0.25, 0.3) is 0 Å². The highest BCUT2D eigenvalue weighted by Gasteiger charge is 2.24. The normalized spacial score (nSPS) is 18.5. The molecule has 112 valence electrons. The Labute approximate surface area is 124 Å². The van der Waals surface area contributed by atoms with E-state index in [2.05, 4.69) is 27.0 Å². The van der Waals surface area contributed by atoms with Crippen LogP contribution in [0.1, 0.15) is 25.2 Å². The Morgan fingerprint density at radius 1 is 1.38 bits per heavy atom. The number of rotatable bonds is 3. The fourth-order valence-electron chi connectivity index (χ4n) is 2.64. The lowest BCUT2D eigenvalue weighted by molar-refractivity contribution is 0.407. The molecule has 2 aromatic rings. The predicted octanol–water partition coefficient (Wildman–Crippen LogP) is 1.40. The average Bonchev–Trinajstić information content (AvgIpc) is 2.90. The minimum Gasteiger partial charge on any atom is -0.308 e. The van der Waals surface area contributed by atoms with Crippen molar-refractivity contribution in [2.24, 2.45) is 0 Å². The molecule has 1 N–H and O–H groups in total. The molecule has 21 heavy (non-hydrogen) atoms. The summed E-state index contributed by atoms with van der Waals surface area (Å²) in [6.45, 7) is 3.76. The predicted molar refractivity (Wildman–Crippen MR) is 79.6 cm³/mol. The number of hydrogen-bond donors (Lipinski definition) is 1. The number of benzene rings is 1. The molecule has 0 fully saturated rings. The number of nitrogens with zero attached hydrogens (tertiary/aromatic N) is 3. The van der Waals surface area contributed by atoms with Gasteiger partial charge in [-0.05, 0) is 18.6 Å². The van der Waals surface area contributed by atoms with Crippen molar-refractivity contribution < 1.29 is 8.42 Å². The molecule has 0 bridgehead atoms. The summed E-state index contributed by atoms with van der Waals surface area (Å²) in [5.41, 5.74) is 0.786. The quantitative estimate of drug-likeness (QED) is 0.927. The molecule has 0 radical (unpaired) electrons. The molecule has 0 saturated heterocycles. The van der Waals surface area contributed by atoms with Crippen LogP contribution in [0.4, 0.5) is 0 Å². The van der Waals surface area contributed by atoms with E-state index in [9.17, 15) is 8.42 Å². The summed E-state index contributed by atoms with van der Waals surface area (Å²) in [4.78, 5) is 0.304. The third-order valence-corrected chi connectivity index (χ3v) is 4.86. The van der Waals surface area contributed by atoms with E-state index in [4.69, 9.17) is 0 Å². The molecule has 3 rings (SSSR count). The number of sulfone groups is 1. The van der Waals surface area contributed by atoms with E-state index < -0.39 is 9.84 Å². The van der Waals surface area contributed by atoms with E-state index in [1.165, 1.54) is 6.26 Å². The first-order valence-electron chi connectivity index (χ1n) is 6.97. The third kappa shape index (κ3) is 2.58. The zero-order chi connectivity index (χ0) is 15.0. The summed E-state index contributed by atoms with van der Waals surface area (Å²) in [5.74, 6) is 1.65. The van der Waals surface area contributed by atoms with Crippen LogP contribution in [-0.2, 0) is 16.4 Å². The summed E-state index contributed by atoms with van der Waals surface area (Å²) in [6, 6.07) is 7.08. The van der Waals surface area contributed by atoms with Gasteiger partial charge in [-0.1, -0.05) is 19.1 Å². The van der Waals surface area contributed by atoms with E-state index >= 15 is 0 Å². The molecule has 0 aliphatic carbocycles. The lowest BCUT2D eigenvalue weighted by atomic mass is 10.1. The molecule has 1 atom stereocenters. The fourth-order valence-corrected chi connectivity index (χ4v) is 3.31. The van der Waals surface area contributed by atoms with Gasteiger partial charge in [0.15, 0.2) is 21.5 Å². The fraction of sp³-hybridized carbons (Fsp3) is 0.429. The second kappa shape index (κ2) is 5.23. The number of nitrogens with one attached hydrogen (secondary N) is 1. The summed E-state index contributed by atoms with van der Waals surface area (Å²) < 4.78 is 25.5. The molecule has 1 unspecified atom stereocenters. The molecule has 0 amide bonds. The van der Waals surface area contributed by atoms with Gasteiger partial charge in [0.2, 0.25) is 0 Å². The van der Waals surface area contributed by atoms with Gasteiger partial charge in [-0.3, -0.25) is 0 Å². The minimum atomic E-state index is -3.22. The SMILES string of the molecule is CCC1NCCn2c(-c3cccc(S(C)(=O)=O)c3)nnc21. The lowest BCUT2D eigenvalue weighted by Crippen LogP contribution is -2.33. The Balaban J connectivity index is 2.08. The summed E-state index contributed by atoms with van der Waals surface area (Å²) in [5, 5.41) is 12.0. The average molecular weight is 306 g/mol. The second-order valence-corrected chi connectivity index (χ2v) is 7.26. The van der Waals surface area contributed by atoms with Gasteiger partial charge in [0.05, 0.1) is 10.9 Å². The van der Waals surface area contributed by atoms with Crippen LogP contribution in [0.15, 0.2) is 29.2 Å². The summed E-state index contributed by atoms with van der Waals surface area (Å²) >= 11 is 0. The smallest absolute Gasteiger partial charge is 0.175 e. The van der Waals surface area contributed by atoms with Crippen LogP contribution in [0.3, 0.4) is 0 Å². The summed E-state index contributed by atoms with van der Waals surface area (Å²) in [7, 11) is -3.22. The van der Waals surface area contributed by atoms with Gasteiger partial charge in [-0.15, -0.1) is 10.2 Å². The maximum atomic E-state index is 11.7. The Bertz CT molecular complexity index is 767. The first-order chi connectivity index (χ1) is 10.0. The molecule has 1 aliphatic rings. The molecular formula is C14H18N4O2S. The van der Waals surface area contributed by atoms with Gasteiger partial charge in [0, 0.05) is 24.9 Å².